The maximum absolute atomic E-state index is 7.00. The average molecular weight is 724 g/mol. The molecule has 3 aromatic heterocycles. The summed E-state index contributed by atoms with van der Waals surface area (Å²) in [6.07, 6.45) is 0. The summed E-state index contributed by atoms with van der Waals surface area (Å²) in [7, 11) is 0. The Labute approximate surface area is 321 Å². The molecule has 0 saturated heterocycles. The normalized spacial score (nSPS) is 13.4. The Bertz CT molecular complexity index is 3360. The third-order valence-corrected chi connectivity index (χ3v) is 13.1. The monoisotopic (exact) mass is 723 g/mol. The van der Waals surface area contributed by atoms with E-state index in [0.29, 0.717) is 0 Å². The van der Waals surface area contributed by atoms with Gasteiger partial charge in [-0.1, -0.05) is 117 Å². The van der Waals surface area contributed by atoms with Crippen molar-refractivity contribution in [3.8, 4) is 22.3 Å². The molecule has 1 aliphatic carbocycles. The summed E-state index contributed by atoms with van der Waals surface area (Å²) in [5, 5.41) is 6.84. The van der Waals surface area contributed by atoms with E-state index in [1.54, 1.807) is 0 Å². The van der Waals surface area contributed by atoms with Gasteiger partial charge in [-0.05, 0) is 82.9 Å². The van der Waals surface area contributed by atoms with Crippen LogP contribution in [0.5, 0.6) is 0 Å². The standard InChI is InChI=1S/C51H33NO2S/c1-51(2)41-20-9-6-15-33(41)34-24-23-31(29-42(34)51)52(30-13-4-3-5-14-30)32-27-39(37-19-12-18-36-35-16-8-11-22-46(35)55-50(36)37)49-40(28-32)48-45(54-49)26-25-44-47(48)38-17-7-10-21-43(38)53-44/h3-29H,1-2H3. The Morgan fingerprint density at radius 2 is 1.13 bits per heavy atom. The minimum Gasteiger partial charge on any atom is -0.456 e. The van der Waals surface area contributed by atoms with Gasteiger partial charge in [-0.3, -0.25) is 0 Å². The third-order valence-electron chi connectivity index (χ3n) is 11.9. The van der Waals surface area contributed by atoms with Gasteiger partial charge in [0.25, 0.3) is 0 Å². The van der Waals surface area contributed by atoms with Gasteiger partial charge < -0.3 is 13.7 Å². The van der Waals surface area contributed by atoms with Gasteiger partial charge in [-0.15, -0.1) is 11.3 Å². The molecule has 0 unspecified atom stereocenters. The van der Waals surface area contributed by atoms with Crippen LogP contribution in [0.15, 0.2) is 173 Å². The molecule has 3 heterocycles. The second-order valence-electron chi connectivity index (χ2n) is 15.2. The Morgan fingerprint density at radius 3 is 2.02 bits per heavy atom. The fraction of sp³-hybridized carbons (Fsp3) is 0.0588. The van der Waals surface area contributed by atoms with Gasteiger partial charge in [0.15, 0.2) is 0 Å². The number of nitrogens with zero attached hydrogens (tertiary/aromatic N) is 1. The number of furan rings is 2. The van der Waals surface area contributed by atoms with Gasteiger partial charge in [0.2, 0.25) is 0 Å². The minimum absolute atomic E-state index is 0.134. The van der Waals surface area contributed by atoms with Crippen LogP contribution in [-0.2, 0) is 5.41 Å². The third kappa shape index (κ3) is 4.31. The quantitative estimate of drug-likeness (QED) is 0.181. The van der Waals surface area contributed by atoms with Gasteiger partial charge >= 0.3 is 0 Å². The molecule has 1 aliphatic rings. The first-order valence-electron chi connectivity index (χ1n) is 18.8. The summed E-state index contributed by atoms with van der Waals surface area (Å²) in [4.78, 5) is 2.42. The smallest absolute Gasteiger partial charge is 0.143 e. The second kappa shape index (κ2) is 11.2. The molecule has 0 fully saturated rings. The first kappa shape index (κ1) is 30.8. The SMILES string of the molecule is CC1(C)c2ccccc2-c2ccc(N(c3ccccc3)c3cc(-c4cccc5c4sc4ccccc45)c4oc5ccc6oc7ccccc7c6c5c4c3)cc21. The molecule has 55 heavy (non-hydrogen) atoms. The molecule has 8 aromatic carbocycles. The summed E-state index contributed by atoms with van der Waals surface area (Å²) >= 11 is 1.85. The molecule has 0 radical (unpaired) electrons. The van der Waals surface area contributed by atoms with Crippen LogP contribution in [0.25, 0.3) is 86.3 Å². The molecule has 3 nitrogen and oxygen atoms in total. The first-order valence-corrected chi connectivity index (χ1v) is 19.7. The summed E-state index contributed by atoms with van der Waals surface area (Å²) in [5.74, 6) is 0. The summed E-state index contributed by atoms with van der Waals surface area (Å²) in [6, 6.07) is 59.2. The maximum atomic E-state index is 7.00. The van der Waals surface area contributed by atoms with Crippen LogP contribution in [0.2, 0.25) is 0 Å². The Balaban J connectivity index is 1.20. The molecule has 4 heteroatoms. The van der Waals surface area contributed by atoms with E-state index < -0.39 is 0 Å². The molecule has 0 atom stereocenters. The van der Waals surface area contributed by atoms with Crippen molar-refractivity contribution in [1.82, 2.24) is 0 Å². The zero-order chi connectivity index (χ0) is 36.4. The fourth-order valence-corrected chi connectivity index (χ4v) is 10.5. The van der Waals surface area contributed by atoms with Crippen molar-refractivity contribution < 1.29 is 8.83 Å². The predicted octanol–water partition coefficient (Wildman–Crippen LogP) is 15.3. The van der Waals surface area contributed by atoms with E-state index in [2.05, 4.69) is 164 Å². The molecule has 0 bridgehead atoms. The van der Waals surface area contributed by atoms with Crippen LogP contribution in [0, 0.1) is 0 Å². The molecule has 0 N–H and O–H groups in total. The number of hydrogen-bond acceptors (Lipinski definition) is 4. The Kier molecular flexibility index (Phi) is 6.27. The molecule has 260 valence electrons. The number of benzene rings is 8. The van der Waals surface area contributed by atoms with Crippen molar-refractivity contribution in [1.29, 1.82) is 0 Å². The summed E-state index contributed by atoms with van der Waals surface area (Å²) < 4.78 is 16.0. The lowest BCUT2D eigenvalue weighted by Gasteiger charge is -2.28. The molecule has 0 amide bonds. The zero-order valence-electron chi connectivity index (χ0n) is 30.3. The molecular weight excluding hydrogens is 691 g/mol. The van der Waals surface area contributed by atoms with Crippen LogP contribution >= 0.6 is 11.3 Å². The van der Waals surface area contributed by atoms with Crippen LogP contribution in [-0.4, -0.2) is 0 Å². The lowest BCUT2D eigenvalue weighted by Crippen LogP contribution is -2.16. The number of anilines is 3. The fourth-order valence-electron chi connectivity index (χ4n) is 9.31. The molecule has 0 aliphatic heterocycles. The highest BCUT2D eigenvalue weighted by atomic mass is 32.1. The highest BCUT2D eigenvalue weighted by Crippen LogP contribution is 2.52. The number of thiophene rings is 1. The van der Waals surface area contributed by atoms with Crippen molar-refractivity contribution in [3.05, 3.63) is 175 Å². The molecule has 0 saturated carbocycles. The molecular formula is C51H33NO2S. The van der Waals surface area contributed by atoms with E-state index in [1.165, 1.54) is 42.4 Å². The predicted molar refractivity (Wildman–Crippen MR) is 232 cm³/mol. The molecule has 11 aromatic rings. The van der Waals surface area contributed by atoms with Gasteiger partial charge in [0.1, 0.15) is 22.3 Å². The maximum Gasteiger partial charge on any atom is 0.143 e. The van der Waals surface area contributed by atoms with Crippen LogP contribution in [0.1, 0.15) is 25.0 Å². The van der Waals surface area contributed by atoms with E-state index in [9.17, 15) is 0 Å². The van der Waals surface area contributed by atoms with E-state index in [1.807, 2.05) is 29.5 Å². The molecule has 0 spiro atoms. The van der Waals surface area contributed by atoms with Crippen LogP contribution in [0.3, 0.4) is 0 Å². The Hall–Kier alpha value is -6.62. The number of hydrogen-bond donors (Lipinski definition) is 0. The van der Waals surface area contributed by atoms with E-state index >= 15 is 0 Å². The van der Waals surface area contributed by atoms with Crippen molar-refractivity contribution >= 4 is 92.4 Å². The van der Waals surface area contributed by atoms with Crippen molar-refractivity contribution in [2.24, 2.45) is 0 Å². The molecule has 12 rings (SSSR count). The second-order valence-corrected chi connectivity index (χ2v) is 16.3. The van der Waals surface area contributed by atoms with E-state index in [0.717, 1.165) is 72.1 Å². The minimum atomic E-state index is -0.134. The van der Waals surface area contributed by atoms with Crippen LogP contribution in [0.4, 0.5) is 17.1 Å². The lowest BCUT2D eigenvalue weighted by atomic mass is 9.82. The van der Waals surface area contributed by atoms with E-state index in [4.69, 9.17) is 8.83 Å². The zero-order valence-corrected chi connectivity index (χ0v) is 31.1. The van der Waals surface area contributed by atoms with E-state index in [-0.39, 0.29) is 5.41 Å². The number of para-hydroxylation sites is 2. The average Bonchev–Trinajstić information content (AvgIpc) is 3.96. The van der Waals surface area contributed by atoms with Gasteiger partial charge in [0.05, 0.1) is 0 Å². The highest BCUT2D eigenvalue weighted by Gasteiger charge is 2.36. The van der Waals surface area contributed by atoms with Gasteiger partial charge in [-0.25, -0.2) is 0 Å². The Morgan fingerprint density at radius 1 is 0.436 bits per heavy atom. The van der Waals surface area contributed by atoms with Gasteiger partial charge in [-0.2, -0.15) is 0 Å². The number of rotatable bonds is 4. The highest BCUT2D eigenvalue weighted by molar-refractivity contribution is 7.26. The van der Waals surface area contributed by atoms with Crippen LogP contribution < -0.4 is 4.90 Å². The van der Waals surface area contributed by atoms with Crippen molar-refractivity contribution in [2.45, 2.75) is 19.3 Å². The lowest BCUT2D eigenvalue weighted by molar-refractivity contribution is 0.660. The van der Waals surface area contributed by atoms with Gasteiger partial charge in [0, 0.05) is 75.3 Å². The van der Waals surface area contributed by atoms with Crippen molar-refractivity contribution in [2.75, 3.05) is 4.90 Å². The largest absolute Gasteiger partial charge is 0.456 e. The topological polar surface area (TPSA) is 29.5 Å². The number of fused-ring (bicyclic) bond motifs is 13. The summed E-state index contributed by atoms with van der Waals surface area (Å²) in [6.45, 7) is 4.70. The first-order chi connectivity index (χ1) is 27.0. The summed E-state index contributed by atoms with van der Waals surface area (Å²) in [5.41, 5.74) is 14.1. The van der Waals surface area contributed by atoms with Crippen molar-refractivity contribution in [3.63, 3.8) is 0 Å².